The molecule has 9 nitrogen and oxygen atoms in total. The van der Waals surface area contributed by atoms with Crippen molar-refractivity contribution in [2.75, 3.05) is 0 Å². The summed E-state index contributed by atoms with van der Waals surface area (Å²) in [5.74, 6) is -0.565. The molecule has 0 aliphatic heterocycles. The molecule has 0 saturated carbocycles. The van der Waals surface area contributed by atoms with Gasteiger partial charge in [0, 0.05) is 17.7 Å². The first kappa shape index (κ1) is 21.5. The van der Waals surface area contributed by atoms with E-state index in [2.05, 4.69) is 10.2 Å². The SMILES string of the molecule is Cc1c(C#N)c(O)n(C(C)C)c(=O)c1N=Nc1ccc(C(F)(F)F)cc1[N+](=O)[O-]. The third kappa shape index (κ3) is 4.08. The van der Waals surface area contributed by atoms with Crippen LogP contribution in [-0.2, 0) is 6.18 Å². The lowest BCUT2D eigenvalue weighted by Gasteiger charge is -2.15. The summed E-state index contributed by atoms with van der Waals surface area (Å²) in [6, 6.07) is 2.84. The van der Waals surface area contributed by atoms with Gasteiger partial charge in [0.15, 0.2) is 11.4 Å². The fourth-order valence-corrected chi connectivity index (χ4v) is 2.54. The number of aromatic hydroxyl groups is 1. The van der Waals surface area contributed by atoms with Gasteiger partial charge in [-0.15, -0.1) is 10.2 Å². The minimum Gasteiger partial charge on any atom is -0.493 e. The zero-order valence-corrected chi connectivity index (χ0v) is 15.4. The molecule has 0 bridgehead atoms. The van der Waals surface area contributed by atoms with Crippen LogP contribution >= 0.6 is 0 Å². The molecule has 0 saturated heterocycles. The van der Waals surface area contributed by atoms with Crippen LogP contribution in [0.2, 0.25) is 0 Å². The number of benzene rings is 1. The molecule has 0 atom stereocenters. The molecule has 0 radical (unpaired) electrons. The Morgan fingerprint density at radius 1 is 1.31 bits per heavy atom. The van der Waals surface area contributed by atoms with E-state index in [0.29, 0.717) is 12.1 Å². The quantitative estimate of drug-likeness (QED) is 0.445. The first-order valence-electron chi connectivity index (χ1n) is 8.05. The molecule has 1 heterocycles. The van der Waals surface area contributed by atoms with Gasteiger partial charge in [-0.25, -0.2) is 0 Å². The zero-order valence-electron chi connectivity index (χ0n) is 15.4. The summed E-state index contributed by atoms with van der Waals surface area (Å²) >= 11 is 0. The van der Waals surface area contributed by atoms with Crippen LogP contribution in [0.25, 0.3) is 0 Å². The van der Waals surface area contributed by atoms with Crippen LogP contribution in [0.3, 0.4) is 0 Å². The molecule has 1 N–H and O–H groups in total. The summed E-state index contributed by atoms with van der Waals surface area (Å²) in [5.41, 5.74) is -4.15. The summed E-state index contributed by atoms with van der Waals surface area (Å²) in [4.78, 5) is 22.7. The van der Waals surface area contributed by atoms with Gasteiger partial charge in [0.25, 0.3) is 11.2 Å². The second-order valence-corrected chi connectivity index (χ2v) is 6.21. The van der Waals surface area contributed by atoms with Gasteiger partial charge in [-0.05, 0) is 32.9 Å². The van der Waals surface area contributed by atoms with E-state index in [1.54, 1.807) is 19.9 Å². The number of nitro benzene ring substituents is 1. The maximum atomic E-state index is 12.8. The number of alkyl halides is 3. The maximum Gasteiger partial charge on any atom is 0.416 e. The van der Waals surface area contributed by atoms with Crippen LogP contribution in [0, 0.1) is 28.4 Å². The van der Waals surface area contributed by atoms with Gasteiger partial charge in [-0.2, -0.15) is 18.4 Å². The van der Waals surface area contributed by atoms with E-state index in [4.69, 9.17) is 0 Å². The van der Waals surface area contributed by atoms with Crippen molar-refractivity contribution >= 4 is 17.1 Å². The molecule has 0 unspecified atom stereocenters. The number of nitrogens with zero attached hydrogens (tertiary/aromatic N) is 5. The Balaban J connectivity index is 2.70. The van der Waals surface area contributed by atoms with E-state index < -0.39 is 45.5 Å². The lowest BCUT2D eigenvalue weighted by molar-refractivity contribution is -0.384. The number of nitro groups is 1. The van der Waals surface area contributed by atoms with Gasteiger partial charge in [-0.3, -0.25) is 19.5 Å². The minimum atomic E-state index is -4.79. The number of rotatable bonds is 4. The number of halogens is 3. The van der Waals surface area contributed by atoms with Crippen molar-refractivity contribution in [1.82, 2.24) is 4.57 Å². The highest BCUT2D eigenvalue weighted by molar-refractivity contribution is 5.60. The minimum absolute atomic E-state index is 0.0229. The van der Waals surface area contributed by atoms with Crippen LogP contribution in [-0.4, -0.2) is 14.6 Å². The second-order valence-electron chi connectivity index (χ2n) is 6.21. The normalized spacial score (nSPS) is 11.8. The summed E-state index contributed by atoms with van der Waals surface area (Å²) < 4.78 is 39.2. The third-order valence-electron chi connectivity index (χ3n) is 3.99. The molecule has 1 aromatic carbocycles. The third-order valence-corrected chi connectivity index (χ3v) is 3.99. The van der Waals surface area contributed by atoms with E-state index in [9.17, 15) is 38.4 Å². The Morgan fingerprint density at radius 3 is 2.41 bits per heavy atom. The lowest BCUT2D eigenvalue weighted by atomic mass is 10.1. The molecular weight excluding hydrogens is 395 g/mol. The molecule has 2 rings (SSSR count). The largest absolute Gasteiger partial charge is 0.493 e. The van der Waals surface area contributed by atoms with E-state index in [0.717, 1.165) is 10.6 Å². The number of aromatic nitrogens is 1. The van der Waals surface area contributed by atoms with Gasteiger partial charge in [-0.1, -0.05) is 0 Å². The molecule has 0 fully saturated rings. The predicted molar refractivity (Wildman–Crippen MR) is 94.5 cm³/mol. The maximum absolute atomic E-state index is 12.8. The number of pyridine rings is 1. The molecule has 29 heavy (non-hydrogen) atoms. The average molecular weight is 409 g/mol. The first-order chi connectivity index (χ1) is 13.4. The lowest BCUT2D eigenvalue weighted by Crippen LogP contribution is -2.23. The summed E-state index contributed by atoms with van der Waals surface area (Å²) in [7, 11) is 0. The Hall–Kier alpha value is -3.75. The van der Waals surface area contributed by atoms with Crippen molar-refractivity contribution in [3.8, 4) is 11.9 Å². The van der Waals surface area contributed by atoms with Crippen molar-refractivity contribution in [1.29, 1.82) is 5.26 Å². The Labute approximate surface area is 161 Å². The summed E-state index contributed by atoms with van der Waals surface area (Å²) in [5, 5.41) is 37.7. The highest BCUT2D eigenvalue weighted by Gasteiger charge is 2.33. The molecule has 0 aliphatic rings. The van der Waals surface area contributed by atoms with Crippen LogP contribution in [0.1, 0.15) is 36.6 Å². The van der Waals surface area contributed by atoms with Crippen molar-refractivity contribution in [2.45, 2.75) is 33.0 Å². The van der Waals surface area contributed by atoms with E-state index in [1.807, 2.05) is 0 Å². The topological polar surface area (TPSA) is 134 Å². The monoisotopic (exact) mass is 409 g/mol. The smallest absolute Gasteiger partial charge is 0.416 e. The Morgan fingerprint density at radius 2 is 1.93 bits per heavy atom. The molecule has 12 heteroatoms. The summed E-state index contributed by atoms with van der Waals surface area (Å²) in [6.07, 6.45) is -4.79. The van der Waals surface area contributed by atoms with Crippen LogP contribution in [0.5, 0.6) is 5.88 Å². The zero-order chi connectivity index (χ0) is 22.1. The molecular formula is C17H14F3N5O4. The molecule has 0 amide bonds. The van der Waals surface area contributed by atoms with Crippen molar-refractivity contribution < 1.29 is 23.2 Å². The van der Waals surface area contributed by atoms with Crippen LogP contribution < -0.4 is 5.56 Å². The van der Waals surface area contributed by atoms with E-state index >= 15 is 0 Å². The fraction of sp³-hybridized carbons (Fsp3) is 0.294. The van der Waals surface area contributed by atoms with Crippen molar-refractivity contribution in [3.05, 3.63) is 55.4 Å². The number of azo groups is 1. The Bertz CT molecular complexity index is 1110. The predicted octanol–water partition coefficient (Wildman–Crippen LogP) is 4.66. The summed E-state index contributed by atoms with van der Waals surface area (Å²) in [6.45, 7) is 4.46. The highest BCUT2D eigenvalue weighted by atomic mass is 19.4. The number of hydrogen-bond acceptors (Lipinski definition) is 7. The molecule has 1 aromatic heterocycles. The second kappa shape index (κ2) is 7.70. The van der Waals surface area contributed by atoms with Gasteiger partial charge < -0.3 is 5.11 Å². The van der Waals surface area contributed by atoms with Gasteiger partial charge in [0.05, 0.1) is 10.5 Å². The van der Waals surface area contributed by atoms with Crippen LogP contribution in [0.4, 0.5) is 30.2 Å². The van der Waals surface area contributed by atoms with Gasteiger partial charge >= 0.3 is 6.18 Å². The fourth-order valence-electron chi connectivity index (χ4n) is 2.54. The average Bonchev–Trinajstić information content (AvgIpc) is 2.60. The molecule has 2 aromatic rings. The standard InChI is InChI=1S/C17H14F3N5O4/c1-8(2)24-15(26)11(7-21)9(3)14(16(24)27)23-22-12-5-4-10(17(18,19)20)6-13(12)25(28)29/h4-6,8,26H,1-3H3. The molecule has 0 spiro atoms. The van der Waals surface area contributed by atoms with E-state index in [1.165, 1.54) is 6.92 Å². The number of nitriles is 1. The number of hydrogen-bond donors (Lipinski definition) is 1. The van der Waals surface area contributed by atoms with E-state index in [-0.39, 0.29) is 16.8 Å². The van der Waals surface area contributed by atoms with Gasteiger partial charge in [0.1, 0.15) is 11.6 Å². The Kier molecular flexibility index (Phi) is 5.72. The van der Waals surface area contributed by atoms with Crippen molar-refractivity contribution in [3.63, 3.8) is 0 Å². The van der Waals surface area contributed by atoms with Crippen molar-refractivity contribution in [2.24, 2.45) is 10.2 Å². The highest BCUT2D eigenvalue weighted by Crippen LogP contribution is 2.37. The van der Waals surface area contributed by atoms with Crippen LogP contribution in [0.15, 0.2) is 33.2 Å². The molecule has 0 aliphatic carbocycles. The van der Waals surface area contributed by atoms with Gasteiger partial charge in [0.2, 0.25) is 5.88 Å². The molecule has 152 valence electrons. The first-order valence-corrected chi connectivity index (χ1v) is 8.05.